The lowest BCUT2D eigenvalue weighted by Crippen LogP contribution is -2.57. The number of hydrogen-bond donors (Lipinski definition) is 11. The summed E-state index contributed by atoms with van der Waals surface area (Å²) >= 11 is 0. The lowest BCUT2D eigenvalue weighted by molar-refractivity contribution is -0.143. The Labute approximate surface area is 392 Å². The van der Waals surface area contributed by atoms with Crippen LogP contribution in [0.3, 0.4) is 0 Å². The van der Waals surface area contributed by atoms with Gasteiger partial charge in [0.15, 0.2) is 5.78 Å². The molecule has 0 aromatic carbocycles. The topological polar surface area (TPSA) is 397 Å². The van der Waals surface area contributed by atoms with Gasteiger partial charge >= 0.3 is 29.8 Å². The summed E-state index contributed by atoms with van der Waals surface area (Å²) in [4.78, 5) is 147. The first kappa shape index (κ1) is 59.8. The maximum absolute atomic E-state index is 13.5. The highest BCUT2D eigenvalue weighted by molar-refractivity contribution is 5.95. The molecular formula is C43H68N6O19. The number of carboxylic acid groups (broad SMARTS) is 5. The number of nitrogens with one attached hydrogen (secondary N) is 6. The van der Waals surface area contributed by atoms with E-state index in [1.165, 1.54) is 6.92 Å². The summed E-state index contributed by atoms with van der Waals surface area (Å²) in [5.74, 6) is -12.3. The van der Waals surface area contributed by atoms with E-state index in [2.05, 4.69) is 31.9 Å². The molecule has 25 heteroatoms. The van der Waals surface area contributed by atoms with E-state index in [1.54, 1.807) is 13.8 Å². The van der Waals surface area contributed by atoms with Gasteiger partial charge in [0.05, 0.1) is 19.8 Å². The highest BCUT2D eigenvalue weighted by Gasteiger charge is 2.33. The standard InChI is InChI=1S/C43H68N6O19/c1-24(25(2)21-38(59)60)20-34(52)45-22-27-4-6-28(7-5-27)39(61)49-32(43(65)66)8-12-33(51)46-30(10-14-36(55)56)41(63)48-31(11-15-37(57)58)42(64)47-29(9-13-35(53)54)40(62)44-16-17-67-18-19-68-23-26(3)50/h24-25,27-32H,4-23H2,1-3H3,(H,44,62)(H,45,52)(H,46,51)(H,47,64)(H,48,63)(H,49,61)(H,53,54)(H,55,56)(H,57,58)(H,59,60)(H,65,66)/t24?,25?,27-,28-,29-,30-,31-,32-/m0/s1. The van der Waals surface area contributed by atoms with Crippen molar-refractivity contribution in [2.24, 2.45) is 23.7 Å². The van der Waals surface area contributed by atoms with Crippen molar-refractivity contribution in [2.75, 3.05) is 39.5 Å². The summed E-state index contributed by atoms with van der Waals surface area (Å²) < 4.78 is 10.3. The summed E-state index contributed by atoms with van der Waals surface area (Å²) in [6.07, 6.45) is -2.49. The molecule has 0 aromatic rings. The monoisotopic (exact) mass is 972 g/mol. The van der Waals surface area contributed by atoms with E-state index in [-0.39, 0.29) is 75.3 Å². The summed E-state index contributed by atoms with van der Waals surface area (Å²) in [6, 6.07) is -6.39. The summed E-state index contributed by atoms with van der Waals surface area (Å²) in [5, 5.41) is 61.3. The van der Waals surface area contributed by atoms with Gasteiger partial charge in [0.1, 0.15) is 30.8 Å². The second-order valence-electron chi connectivity index (χ2n) is 16.9. The third-order valence-corrected chi connectivity index (χ3v) is 11.1. The van der Waals surface area contributed by atoms with Crippen molar-refractivity contribution in [3.63, 3.8) is 0 Å². The Kier molecular flexibility index (Phi) is 28.5. The molecule has 2 unspecified atom stereocenters. The molecule has 0 aliphatic heterocycles. The molecule has 0 radical (unpaired) electrons. The van der Waals surface area contributed by atoms with Crippen molar-refractivity contribution in [1.29, 1.82) is 0 Å². The minimum atomic E-state index is -1.70. The average molecular weight is 973 g/mol. The molecule has 1 aliphatic carbocycles. The zero-order valence-electron chi connectivity index (χ0n) is 38.7. The Morgan fingerprint density at radius 3 is 1.50 bits per heavy atom. The highest BCUT2D eigenvalue weighted by atomic mass is 16.5. The first-order chi connectivity index (χ1) is 32.0. The zero-order chi connectivity index (χ0) is 51.3. The van der Waals surface area contributed by atoms with Gasteiger partial charge in [-0.05, 0) is 76.0 Å². The van der Waals surface area contributed by atoms with E-state index in [9.17, 15) is 78.0 Å². The number of aliphatic carboxylic acids is 5. The molecule has 6 atom stereocenters. The van der Waals surface area contributed by atoms with Crippen molar-refractivity contribution < 1.29 is 92.5 Å². The molecule has 0 saturated heterocycles. The van der Waals surface area contributed by atoms with Gasteiger partial charge < -0.3 is 66.9 Å². The summed E-state index contributed by atoms with van der Waals surface area (Å²) in [5.41, 5.74) is 0. The third-order valence-electron chi connectivity index (χ3n) is 11.1. The van der Waals surface area contributed by atoms with Gasteiger partial charge in [-0.1, -0.05) is 13.8 Å². The normalized spacial score (nSPS) is 17.0. The minimum Gasteiger partial charge on any atom is -0.481 e. The molecule has 0 heterocycles. The summed E-state index contributed by atoms with van der Waals surface area (Å²) in [7, 11) is 0. The van der Waals surface area contributed by atoms with Crippen molar-refractivity contribution in [3.05, 3.63) is 0 Å². The van der Waals surface area contributed by atoms with Crippen molar-refractivity contribution in [2.45, 2.75) is 135 Å². The maximum atomic E-state index is 13.5. The second kappa shape index (κ2) is 32.5. The van der Waals surface area contributed by atoms with E-state index >= 15 is 0 Å². The van der Waals surface area contributed by atoms with Crippen LogP contribution in [0.25, 0.3) is 0 Å². The van der Waals surface area contributed by atoms with Crippen LogP contribution >= 0.6 is 0 Å². The van der Waals surface area contributed by atoms with E-state index < -0.39 is 141 Å². The average Bonchev–Trinajstić information content (AvgIpc) is 3.25. The molecule has 25 nitrogen and oxygen atoms in total. The van der Waals surface area contributed by atoms with Gasteiger partial charge in [-0.3, -0.25) is 52.7 Å². The largest absolute Gasteiger partial charge is 0.481 e. The van der Waals surface area contributed by atoms with Crippen molar-refractivity contribution >= 4 is 71.1 Å². The fraction of sp³-hybridized carbons (Fsp3) is 0.721. The smallest absolute Gasteiger partial charge is 0.326 e. The Morgan fingerprint density at radius 2 is 1.00 bits per heavy atom. The Bertz CT molecular complexity index is 1750. The van der Waals surface area contributed by atoms with Crippen LogP contribution in [0.15, 0.2) is 0 Å². The van der Waals surface area contributed by atoms with Crippen LogP contribution in [0.2, 0.25) is 0 Å². The lowest BCUT2D eigenvalue weighted by atomic mass is 9.81. The molecule has 1 saturated carbocycles. The second-order valence-corrected chi connectivity index (χ2v) is 16.9. The van der Waals surface area contributed by atoms with Gasteiger partial charge in [0, 0.05) is 57.5 Å². The number of ether oxygens (including phenoxy) is 2. The predicted molar refractivity (Wildman–Crippen MR) is 234 cm³/mol. The number of carbonyl (C=O) groups excluding carboxylic acids is 7. The van der Waals surface area contributed by atoms with Gasteiger partial charge in [0.2, 0.25) is 35.4 Å². The third kappa shape index (κ3) is 26.8. The SMILES string of the molecule is CC(=O)COCCOCCNC(=O)[C@H](CCC(=O)O)NC(=O)[C@H](CCC(=O)O)NC(=O)[C@H](CCC(=O)O)NC(=O)CC[C@H](NC(=O)[C@H]1CC[C@H](CNC(=O)CC(C)C(C)CC(=O)O)CC1)C(=O)O. The number of rotatable bonds is 36. The molecule has 11 N–H and O–H groups in total. The number of amides is 6. The van der Waals surface area contributed by atoms with Crippen molar-refractivity contribution in [1.82, 2.24) is 31.9 Å². The molecule has 1 rings (SSSR count). The molecule has 0 bridgehead atoms. The van der Waals surface area contributed by atoms with Gasteiger partial charge in [-0.2, -0.15) is 0 Å². The van der Waals surface area contributed by atoms with E-state index in [4.69, 9.17) is 14.6 Å². The predicted octanol–water partition coefficient (Wildman–Crippen LogP) is -0.817. The Balaban J connectivity index is 2.90. The molecule has 6 amide bonds. The molecule has 0 aromatic heterocycles. The molecule has 1 fully saturated rings. The first-order valence-corrected chi connectivity index (χ1v) is 22.5. The fourth-order valence-corrected chi connectivity index (χ4v) is 6.98. The van der Waals surface area contributed by atoms with Crippen LogP contribution in [-0.4, -0.2) is 160 Å². The van der Waals surface area contributed by atoms with E-state index in [0.717, 1.165) is 0 Å². The molecule has 1 aliphatic rings. The van der Waals surface area contributed by atoms with Crippen LogP contribution in [0.4, 0.5) is 0 Å². The van der Waals surface area contributed by atoms with Crippen LogP contribution < -0.4 is 31.9 Å². The minimum absolute atomic E-state index is 0.0335. The molecule has 0 spiro atoms. The maximum Gasteiger partial charge on any atom is 0.326 e. The zero-order valence-corrected chi connectivity index (χ0v) is 38.7. The summed E-state index contributed by atoms with van der Waals surface area (Å²) in [6.45, 7) is 5.21. The number of carbonyl (C=O) groups is 12. The van der Waals surface area contributed by atoms with Gasteiger partial charge in [0.25, 0.3) is 0 Å². The van der Waals surface area contributed by atoms with Crippen molar-refractivity contribution in [3.8, 4) is 0 Å². The van der Waals surface area contributed by atoms with Crippen LogP contribution in [0, 0.1) is 23.7 Å². The number of ketones is 1. The number of carboxylic acids is 5. The lowest BCUT2D eigenvalue weighted by Gasteiger charge is -2.29. The van der Waals surface area contributed by atoms with E-state index in [1.807, 2.05) is 0 Å². The van der Waals surface area contributed by atoms with Crippen LogP contribution in [-0.2, 0) is 67.0 Å². The first-order valence-electron chi connectivity index (χ1n) is 22.5. The fourth-order valence-electron chi connectivity index (χ4n) is 6.98. The molecular weight excluding hydrogens is 904 g/mol. The van der Waals surface area contributed by atoms with Crippen LogP contribution in [0.1, 0.15) is 111 Å². The number of Topliss-reactive ketones (excluding diaryl/α,β-unsaturated/α-hetero) is 1. The Morgan fingerprint density at radius 1 is 0.515 bits per heavy atom. The molecule has 384 valence electrons. The van der Waals surface area contributed by atoms with E-state index in [0.29, 0.717) is 32.2 Å². The van der Waals surface area contributed by atoms with Gasteiger partial charge in [-0.25, -0.2) is 4.79 Å². The quantitative estimate of drug-likeness (QED) is 0.0342. The Hall–Kier alpha value is -6.24. The van der Waals surface area contributed by atoms with Crippen LogP contribution in [0.5, 0.6) is 0 Å². The highest BCUT2D eigenvalue weighted by Crippen LogP contribution is 2.29. The molecule has 68 heavy (non-hydrogen) atoms. The number of hydrogen-bond acceptors (Lipinski definition) is 14. The van der Waals surface area contributed by atoms with Gasteiger partial charge in [-0.15, -0.1) is 0 Å².